The van der Waals surface area contributed by atoms with Crippen LogP contribution in [0.2, 0.25) is 0 Å². The van der Waals surface area contributed by atoms with Crippen molar-refractivity contribution < 1.29 is 17.9 Å². The van der Waals surface area contributed by atoms with Crippen molar-refractivity contribution in [1.82, 2.24) is 14.9 Å². The Balaban J connectivity index is 0.00000392. The molecule has 0 aliphatic carbocycles. The van der Waals surface area contributed by atoms with Crippen LogP contribution >= 0.6 is 24.0 Å². The lowest BCUT2D eigenvalue weighted by molar-refractivity contribution is 0.229. The van der Waals surface area contributed by atoms with E-state index in [9.17, 15) is 8.42 Å². The van der Waals surface area contributed by atoms with Gasteiger partial charge in [-0.25, -0.2) is 17.7 Å². The van der Waals surface area contributed by atoms with Crippen molar-refractivity contribution in [1.29, 1.82) is 0 Å². The van der Waals surface area contributed by atoms with Crippen LogP contribution in [0.25, 0.3) is 0 Å². The Hall–Kier alpha value is -1.27. The summed E-state index contributed by atoms with van der Waals surface area (Å²) in [5.74, 6) is 2.37. The molecule has 0 bridgehead atoms. The van der Waals surface area contributed by atoms with Crippen LogP contribution < -0.4 is 20.1 Å². The largest absolute Gasteiger partial charge is 0.497 e. The number of aliphatic imine (C=N–C) groups is 1. The fraction of sp³-hybridized carbons (Fsp3) is 0.611. The first-order valence-corrected chi connectivity index (χ1v) is 10.9. The highest BCUT2D eigenvalue weighted by Crippen LogP contribution is 2.20. The zero-order chi connectivity index (χ0) is 19.7. The van der Waals surface area contributed by atoms with Crippen LogP contribution in [0.3, 0.4) is 0 Å². The molecule has 1 fully saturated rings. The Morgan fingerprint density at radius 1 is 1.32 bits per heavy atom. The number of guanidine groups is 1. The number of methoxy groups -OCH3 is 1. The van der Waals surface area contributed by atoms with E-state index >= 15 is 0 Å². The number of hydrogen-bond donors (Lipinski definition) is 2. The normalized spacial score (nSPS) is 17.5. The van der Waals surface area contributed by atoms with Crippen LogP contribution in [0.15, 0.2) is 29.3 Å². The zero-order valence-electron chi connectivity index (χ0n) is 16.7. The predicted octanol–water partition coefficient (Wildman–Crippen LogP) is 1.67. The molecule has 8 nitrogen and oxygen atoms in total. The maximum Gasteiger partial charge on any atom is 0.214 e. The van der Waals surface area contributed by atoms with Gasteiger partial charge < -0.3 is 20.1 Å². The second kappa shape index (κ2) is 12.3. The third-order valence-corrected chi connectivity index (χ3v) is 6.04. The van der Waals surface area contributed by atoms with E-state index in [-0.39, 0.29) is 35.8 Å². The number of benzene rings is 1. The van der Waals surface area contributed by atoms with Gasteiger partial charge in [-0.1, -0.05) is 6.07 Å². The lowest BCUT2D eigenvalue weighted by atomic mass is 10.3. The smallest absolute Gasteiger partial charge is 0.214 e. The molecular weight excluding hydrogens is 495 g/mol. The van der Waals surface area contributed by atoms with Crippen LogP contribution in [0, 0.1) is 0 Å². The fourth-order valence-electron chi connectivity index (χ4n) is 2.75. The molecule has 1 aromatic carbocycles. The number of halogens is 1. The average Bonchev–Trinajstić information content (AvgIpc) is 2.98. The third kappa shape index (κ3) is 8.00. The van der Waals surface area contributed by atoms with Crippen LogP contribution in [-0.4, -0.2) is 70.4 Å². The summed E-state index contributed by atoms with van der Waals surface area (Å²) < 4.78 is 36.2. The van der Waals surface area contributed by atoms with Crippen LogP contribution in [0.4, 0.5) is 0 Å². The average molecular weight is 526 g/mol. The molecule has 10 heteroatoms. The van der Waals surface area contributed by atoms with Gasteiger partial charge in [-0.2, -0.15) is 0 Å². The van der Waals surface area contributed by atoms with Crippen molar-refractivity contribution in [2.75, 3.05) is 45.6 Å². The summed E-state index contributed by atoms with van der Waals surface area (Å²) in [5.41, 5.74) is 0. The summed E-state index contributed by atoms with van der Waals surface area (Å²) >= 11 is 0. The lowest BCUT2D eigenvalue weighted by Gasteiger charge is -2.17. The quantitative estimate of drug-likeness (QED) is 0.289. The van der Waals surface area contributed by atoms with Gasteiger partial charge in [0.1, 0.15) is 17.6 Å². The maximum atomic E-state index is 11.8. The first kappa shape index (κ1) is 24.8. The van der Waals surface area contributed by atoms with Gasteiger partial charge in [0.25, 0.3) is 0 Å². The van der Waals surface area contributed by atoms with Crippen LogP contribution in [0.1, 0.15) is 20.3 Å². The summed E-state index contributed by atoms with van der Waals surface area (Å²) in [5, 5.41) is 6.34. The van der Waals surface area contributed by atoms with Crippen molar-refractivity contribution >= 4 is 40.0 Å². The summed E-state index contributed by atoms with van der Waals surface area (Å²) in [6.07, 6.45) is 0.585. The van der Waals surface area contributed by atoms with Gasteiger partial charge in [0.2, 0.25) is 10.0 Å². The second-order valence-electron chi connectivity index (χ2n) is 6.32. The second-order valence-corrected chi connectivity index (χ2v) is 8.41. The minimum atomic E-state index is -3.06. The molecule has 0 radical (unpaired) electrons. The molecule has 0 amide bonds. The molecule has 1 unspecified atom stereocenters. The minimum Gasteiger partial charge on any atom is -0.497 e. The number of nitrogens with one attached hydrogen (secondary N) is 2. The van der Waals surface area contributed by atoms with E-state index in [1.165, 1.54) is 4.31 Å². The molecule has 2 rings (SSSR count). The van der Waals surface area contributed by atoms with E-state index < -0.39 is 10.0 Å². The van der Waals surface area contributed by atoms with E-state index in [1.807, 2.05) is 38.1 Å². The van der Waals surface area contributed by atoms with Crippen molar-refractivity contribution in [2.24, 2.45) is 4.99 Å². The molecule has 1 aromatic rings. The van der Waals surface area contributed by atoms with Gasteiger partial charge in [0.05, 0.1) is 19.4 Å². The predicted molar refractivity (Wildman–Crippen MR) is 122 cm³/mol. The van der Waals surface area contributed by atoms with Crippen molar-refractivity contribution in [3.8, 4) is 11.5 Å². The summed E-state index contributed by atoms with van der Waals surface area (Å²) in [6, 6.07) is 7.45. The number of ether oxygens (including phenoxy) is 2. The Bertz CT molecular complexity index is 730. The van der Waals surface area contributed by atoms with E-state index in [4.69, 9.17) is 9.47 Å². The monoisotopic (exact) mass is 526 g/mol. The van der Waals surface area contributed by atoms with Gasteiger partial charge in [-0.3, -0.25) is 0 Å². The molecule has 0 spiro atoms. The number of rotatable bonds is 9. The summed E-state index contributed by atoms with van der Waals surface area (Å²) in [7, 11) is -1.44. The molecular formula is C18H31IN4O4S. The van der Waals surface area contributed by atoms with E-state index in [1.54, 1.807) is 7.11 Å². The Morgan fingerprint density at radius 3 is 2.71 bits per heavy atom. The van der Waals surface area contributed by atoms with Gasteiger partial charge in [0.15, 0.2) is 5.96 Å². The molecule has 1 aliphatic heterocycles. The molecule has 0 saturated carbocycles. The Labute approximate surface area is 185 Å². The summed E-state index contributed by atoms with van der Waals surface area (Å²) in [4.78, 5) is 4.52. The molecule has 2 N–H and O–H groups in total. The summed E-state index contributed by atoms with van der Waals surface area (Å²) in [6.45, 7) is 6.68. The highest BCUT2D eigenvalue weighted by atomic mass is 127. The molecule has 0 aromatic heterocycles. The highest BCUT2D eigenvalue weighted by Gasteiger charge is 2.27. The van der Waals surface area contributed by atoms with Gasteiger partial charge in [-0.15, -0.1) is 24.0 Å². The molecule has 1 heterocycles. The molecule has 160 valence electrons. The van der Waals surface area contributed by atoms with E-state index in [0.717, 1.165) is 18.0 Å². The third-order valence-electron chi connectivity index (χ3n) is 4.09. The first-order valence-electron chi connectivity index (χ1n) is 9.25. The molecule has 1 atom stereocenters. The minimum absolute atomic E-state index is 0. The maximum absolute atomic E-state index is 11.8. The van der Waals surface area contributed by atoms with Gasteiger partial charge in [-0.05, 0) is 32.4 Å². The zero-order valence-corrected chi connectivity index (χ0v) is 19.8. The van der Waals surface area contributed by atoms with Gasteiger partial charge >= 0.3 is 0 Å². The number of nitrogens with zero attached hydrogens (tertiary/aromatic N) is 2. The SMILES string of the molecule is CCNC(=NCC(C)Oc1cccc(OC)c1)NCCN1CCCS1(=O)=O.I. The molecule has 1 aliphatic rings. The van der Waals surface area contributed by atoms with Gasteiger partial charge in [0, 0.05) is 32.2 Å². The molecule has 1 saturated heterocycles. The Kier molecular flexibility index (Phi) is 10.9. The molecule has 28 heavy (non-hydrogen) atoms. The van der Waals surface area contributed by atoms with Crippen LogP contribution in [-0.2, 0) is 10.0 Å². The van der Waals surface area contributed by atoms with Crippen molar-refractivity contribution in [2.45, 2.75) is 26.4 Å². The van der Waals surface area contributed by atoms with Crippen molar-refractivity contribution in [3.63, 3.8) is 0 Å². The van der Waals surface area contributed by atoms with E-state index in [2.05, 4.69) is 15.6 Å². The Morgan fingerprint density at radius 2 is 2.07 bits per heavy atom. The topological polar surface area (TPSA) is 92.3 Å². The highest BCUT2D eigenvalue weighted by molar-refractivity contribution is 14.0. The number of sulfonamides is 1. The van der Waals surface area contributed by atoms with Crippen molar-refractivity contribution in [3.05, 3.63) is 24.3 Å². The van der Waals surface area contributed by atoms with E-state index in [0.29, 0.717) is 38.6 Å². The fourth-order valence-corrected chi connectivity index (χ4v) is 4.28. The number of hydrogen-bond acceptors (Lipinski definition) is 5. The first-order chi connectivity index (χ1) is 12.9. The lowest BCUT2D eigenvalue weighted by Crippen LogP contribution is -2.42. The standard InChI is InChI=1S/C18H30N4O4S.HI/c1-4-19-18(20-9-11-22-10-6-12-27(22,23)24)21-14-15(2)26-17-8-5-7-16(13-17)25-3;/h5,7-8,13,15H,4,6,9-12,14H2,1-3H3,(H2,19,20,21);1H. The van der Waals surface area contributed by atoms with Crippen LogP contribution in [0.5, 0.6) is 11.5 Å².